The first-order chi connectivity index (χ1) is 8.41. The number of aliphatic hydroxyl groups excluding tert-OH is 1. The molecule has 1 aliphatic rings. The van der Waals surface area contributed by atoms with Crippen LogP contribution in [-0.4, -0.2) is 29.4 Å². The summed E-state index contributed by atoms with van der Waals surface area (Å²) >= 11 is 0. The number of aryl methyl sites for hydroxylation is 1. The number of nitrogens with zero attached hydrogens (tertiary/aromatic N) is 1. The Hall–Kier alpha value is -1.75. The van der Waals surface area contributed by atoms with Gasteiger partial charge in [-0.1, -0.05) is 0 Å². The number of aliphatic hydroxyl groups is 1. The molecule has 0 spiro atoms. The van der Waals surface area contributed by atoms with E-state index in [0.717, 1.165) is 4.90 Å². The molecule has 18 heavy (non-hydrogen) atoms. The lowest BCUT2D eigenvalue weighted by molar-refractivity contribution is -0.114. The number of anilines is 1. The summed E-state index contributed by atoms with van der Waals surface area (Å²) in [5.74, 6) is -1.98. The number of rotatable bonds is 3. The van der Waals surface area contributed by atoms with E-state index in [0.29, 0.717) is 12.0 Å². The molecule has 1 aromatic rings. The van der Waals surface area contributed by atoms with Crippen molar-refractivity contribution < 1.29 is 19.1 Å². The van der Waals surface area contributed by atoms with Gasteiger partial charge in [0.05, 0.1) is 17.4 Å². The van der Waals surface area contributed by atoms with E-state index >= 15 is 0 Å². The van der Waals surface area contributed by atoms with Gasteiger partial charge in [-0.25, -0.2) is 4.39 Å². The van der Waals surface area contributed by atoms with Crippen LogP contribution in [-0.2, 0) is 4.79 Å². The summed E-state index contributed by atoms with van der Waals surface area (Å²) in [6, 6.07) is 2.81. The Balaban J connectivity index is 2.42. The van der Waals surface area contributed by atoms with E-state index in [-0.39, 0.29) is 17.8 Å². The number of hydrogen-bond donors (Lipinski definition) is 1. The van der Waals surface area contributed by atoms with Crippen LogP contribution in [0.2, 0.25) is 0 Å². The van der Waals surface area contributed by atoms with Crippen LogP contribution >= 0.6 is 0 Å². The molecular weight excluding hydrogens is 237 g/mol. The van der Waals surface area contributed by atoms with Gasteiger partial charge in [0.1, 0.15) is 5.82 Å². The standard InChI is InChI=1S/C13H14FNO3/c1-7-5-9-11(10(14)6-7)15(4-3-8(2)16)13(18)12(9)17/h5-6,8,16H,3-4H2,1-2H3. The van der Waals surface area contributed by atoms with Crippen LogP contribution in [0.15, 0.2) is 12.1 Å². The molecule has 1 heterocycles. The zero-order valence-electron chi connectivity index (χ0n) is 10.2. The summed E-state index contributed by atoms with van der Waals surface area (Å²) in [7, 11) is 0. The van der Waals surface area contributed by atoms with Gasteiger partial charge >= 0.3 is 0 Å². The van der Waals surface area contributed by atoms with Crippen molar-refractivity contribution in [3.8, 4) is 0 Å². The maximum absolute atomic E-state index is 13.9. The lowest BCUT2D eigenvalue weighted by Gasteiger charge is -2.18. The minimum Gasteiger partial charge on any atom is -0.393 e. The Kier molecular flexibility index (Phi) is 3.17. The minimum absolute atomic E-state index is 0.0382. The van der Waals surface area contributed by atoms with E-state index < -0.39 is 23.6 Å². The molecule has 0 radical (unpaired) electrons. The predicted octanol–water partition coefficient (Wildman–Crippen LogP) is 1.43. The predicted molar refractivity (Wildman–Crippen MR) is 64.1 cm³/mol. The lowest BCUT2D eigenvalue weighted by atomic mass is 10.1. The molecule has 0 saturated heterocycles. The number of benzene rings is 1. The minimum atomic E-state index is -0.727. The van der Waals surface area contributed by atoms with E-state index in [1.807, 2.05) is 0 Å². The SMILES string of the molecule is Cc1cc(F)c2c(c1)C(=O)C(=O)N2CCC(C)O. The van der Waals surface area contributed by atoms with Crippen molar-refractivity contribution >= 4 is 17.4 Å². The van der Waals surface area contributed by atoms with Crippen molar-refractivity contribution in [2.75, 3.05) is 11.4 Å². The van der Waals surface area contributed by atoms with E-state index in [2.05, 4.69) is 0 Å². The highest BCUT2D eigenvalue weighted by Crippen LogP contribution is 2.32. The first-order valence-corrected chi connectivity index (χ1v) is 5.76. The van der Waals surface area contributed by atoms with Gasteiger partial charge in [0.2, 0.25) is 0 Å². The Labute approximate surface area is 104 Å². The Morgan fingerprint density at radius 2 is 2.06 bits per heavy atom. The summed E-state index contributed by atoms with van der Waals surface area (Å²) in [5, 5.41) is 9.21. The van der Waals surface area contributed by atoms with Crippen molar-refractivity contribution in [1.29, 1.82) is 0 Å². The summed E-state index contributed by atoms with van der Waals surface area (Å²) < 4.78 is 13.9. The topological polar surface area (TPSA) is 57.6 Å². The second kappa shape index (κ2) is 4.49. The molecule has 4 nitrogen and oxygen atoms in total. The third-order valence-electron chi connectivity index (χ3n) is 2.93. The van der Waals surface area contributed by atoms with Crippen molar-refractivity contribution in [1.82, 2.24) is 0 Å². The van der Waals surface area contributed by atoms with E-state index in [9.17, 15) is 19.1 Å². The van der Waals surface area contributed by atoms with Gasteiger partial charge in [0.25, 0.3) is 11.7 Å². The molecule has 5 heteroatoms. The number of amides is 1. The Bertz CT molecular complexity index is 525. The van der Waals surface area contributed by atoms with Crippen LogP contribution in [0.4, 0.5) is 10.1 Å². The van der Waals surface area contributed by atoms with Gasteiger partial charge < -0.3 is 10.0 Å². The fourth-order valence-electron chi connectivity index (χ4n) is 2.05. The molecule has 1 unspecified atom stereocenters. The fourth-order valence-corrected chi connectivity index (χ4v) is 2.05. The molecular formula is C13H14FNO3. The van der Waals surface area contributed by atoms with Gasteiger partial charge in [-0.2, -0.15) is 0 Å². The van der Waals surface area contributed by atoms with Crippen LogP contribution in [0.3, 0.4) is 0 Å². The molecule has 0 saturated carbocycles. The first kappa shape index (κ1) is 12.7. The van der Waals surface area contributed by atoms with E-state index in [1.165, 1.54) is 12.1 Å². The van der Waals surface area contributed by atoms with Crippen molar-refractivity contribution in [3.05, 3.63) is 29.1 Å². The largest absolute Gasteiger partial charge is 0.393 e. The molecule has 0 fully saturated rings. The normalized spacial score (nSPS) is 16.1. The number of halogens is 1. The molecule has 1 amide bonds. The zero-order chi connectivity index (χ0) is 13.4. The van der Waals surface area contributed by atoms with Crippen molar-refractivity contribution in [2.24, 2.45) is 0 Å². The maximum atomic E-state index is 13.9. The van der Waals surface area contributed by atoms with Crippen LogP contribution in [0.5, 0.6) is 0 Å². The molecule has 1 N–H and O–H groups in total. The quantitative estimate of drug-likeness (QED) is 0.827. The summed E-state index contributed by atoms with van der Waals surface area (Å²) in [5.41, 5.74) is 0.754. The number of fused-ring (bicyclic) bond motifs is 1. The molecule has 0 aromatic heterocycles. The highest BCUT2D eigenvalue weighted by Gasteiger charge is 2.38. The monoisotopic (exact) mass is 251 g/mol. The van der Waals surface area contributed by atoms with Gasteiger partial charge in [0.15, 0.2) is 0 Å². The summed E-state index contributed by atoms with van der Waals surface area (Å²) in [4.78, 5) is 24.6. The van der Waals surface area contributed by atoms with E-state index in [4.69, 9.17) is 0 Å². The number of Topliss-reactive ketones (excluding diaryl/α,β-unsaturated/α-hetero) is 1. The molecule has 0 aliphatic carbocycles. The lowest BCUT2D eigenvalue weighted by Crippen LogP contribution is -2.32. The number of carbonyl (C=O) groups excluding carboxylic acids is 2. The van der Waals surface area contributed by atoms with Crippen LogP contribution < -0.4 is 4.90 Å². The number of carbonyl (C=O) groups is 2. The highest BCUT2D eigenvalue weighted by atomic mass is 19.1. The van der Waals surface area contributed by atoms with Gasteiger partial charge in [-0.15, -0.1) is 0 Å². The smallest absolute Gasteiger partial charge is 0.299 e. The van der Waals surface area contributed by atoms with Crippen molar-refractivity contribution in [2.45, 2.75) is 26.4 Å². The summed E-state index contributed by atoms with van der Waals surface area (Å²) in [6.45, 7) is 3.38. The van der Waals surface area contributed by atoms with Gasteiger partial charge in [0, 0.05) is 6.54 Å². The van der Waals surface area contributed by atoms with E-state index in [1.54, 1.807) is 13.8 Å². The maximum Gasteiger partial charge on any atom is 0.299 e. The average molecular weight is 251 g/mol. The van der Waals surface area contributed by atoms with Gasteiger partial charge in [-0.3, -0.25) is 9.59 Å². The van der Waals surface area contributed by atoms with Crippen molar-refractivity contribution in [3.63, 3.8) is 0 Å². The average Bonchev–Trinajstić information content (AvgIpc) is 2.51. The third-order valence-corrected chi connectivity index (χ3v) is 2.93. The van der Waals surface area contributed by atoms with Crippen LogP contribution in [0.25, 0.3) is 0 Å². The summed E-state index contributed by atoms with van der Waals surface area (Å²) in [6.07, 6.45) is -0.309. The first-order valence-electron chi connectivity index (χ1n) is 5.76. The van der Waals surface area contributed by atoms with Crippen LogP contribution in [0.1, 0.15) is 29.3 Å². The Morgan fingerprint density at radius 3 is 2.67 bits per heavy atom. The molecule has 1 aromatic carbocycles. The molecule has 96 valence electrons. The van der Waals surface area contributed by atoms with Crippen LogP contribution in [0, 0.1) is 12.7 Å². The fraction of sp³-hybridized carbons (Fsp3) is 0.385. The van der Waals surface area contributed by atoms with Gasteiger partial charge in [-0.05, 0) is 38.0 Å². The molecule has 1 aliphatic heterocycles. The molecule has 2 rings (SSSR count). The molecule has 1 atom stereocenters. The number of hydrogen-bond acceptors (Lipinski definition) is 3. The number of ketones is 1. The Morgan fingerprint density at radius 1 is 1.39 bits per heavy atom. The second-order valence-corrected chi connectivity index (χ2v) is 4.57. The highest BCUT2D eigenvalue weighted by molar-refractivity contribution is 6.52. The molecule has 0 bridgehead atoms. The second-order valence-electron chi connectivity index (χ2n) is 4.57. The third kappa shape index (κ3) is 2.01. The zero-order valence-corrected chi connectivity index (χ0v) is 10.2.